The first-order valence-electron chi connectivity index (χ1n) is 6.55. The van der Waals surface area contributed by atoms with Crippen molar-refractivity contribution in [3.63, 3.8) is 0 Å². The molecule has 112 valence electrons. The van der Waals surface area contributed by atoms with Gasteiger partial charge in [0.2, 0.25) is 0 Å². The van der Waals surface area contributed by atoms with E-state index >= 15 is 0 Å². The summed E-state index contributed by atoms with van der Waals surface area (Å²) in [6, 6.07) is 7.34. The maximum Gasteiger partial charge on any atom is 0.191 e. The highest BCUT2D eigenvalue weighted by Crippen LogP contribution is 2.20. The normalized spacial score (nSPS) is 11.5. The molecule has 0 aliphatic rings. The SMILES string of the molecule is CN=C(NCCn1cccn1)NCc1ccc(Cl)cc1Cl. The van der Waals surface area contributed by atoms with Gasteiger partial charge in [-0.2, -0.15) is 5.10 Å². The fraction of sp³-hybridized carbons (Fsp3) is 0.286. The highest BCUT2D eigenvalue weighted by Gasteiger charge is 2.03. The molecule has 5 nitrogen and oxygen atoms in total. The molecule has 2 N–H and O–H groups in total. The minimum Gasteiger partial charge on any atom is -0.355 e. The number of guanidine groups is 1. The molecule has 0 amide bonds. The topological polar surface area (TPSA) is 54.2 Å². The van der Waals surface area contributed by atoms with Crippen molar-refractivity contribution in [2.24, 2.45) is 4.99 Å². The Kier molecular flexibility index (Phi) is 5.90. The molecule has 2 aromatic rings. The molecule has 0 fully saturated rings. The van der Waals surface area contributed by atoms with Crippen molar-refractivity contribution in [1.29, 1.82) is 0 Å². The largest absolute Gasteiger partial charge is 0.355 e. The van der Waals surface area contributed by atoms with Crippen LogP contribution < -0.4 is 10.6 Å². The zero-order valence-electron chi connectivity index (χ0n) is 11.7. The number of nitrogens with zero attached hydrogens (tertiary/aromatic N) is 3. The zero-order chi connectivity index (χ0) is 15.1. The summed E-state index contributed by atoms with van der Waals surface area (Å²) in [5.74, 6) is 0.716. The Balaban J connectivity index is 1.79. The number of halogens is 2. The van der Waals surface area contributed by atoms with E-state index in [1.54, 1.807) is 19.3 Å². The molecule has 21 heavy (non-hydrogen) atoms. The molecule has 1 aromatic carbocycles. The van der Waals surface area contributed by atoms with Crippen LogP contribution in [0.4, 0.5) is 0 Å². The first-order chi connectivity index (χ1) is 10.2. The Bertz CT molecular complexity index is 595. The van der Waals surface area contributed by atoms with Crippen LogP contribution in [0.2, 0.25) is 10.0 Å². The fourth-order valence-corrected chi connectivity index (χ4v) is 2.26. The molecule has 2 rings (SSSR count). The molecule has 0 atom stereocenters. The number of nitrogens with one attached hydrogen (secondary N) is 2. The van der Waals surface area contributed by atoms with Crippen molar-refractivity contribution < 1.29 is 0 Å². The van der Waals surface area contributed by atoms with Gasteiger partial charge in [0.15, 0.2) is 5.96 Å². The lowest BCUT2D eigenvalue weighted by molar-refractivity contribution is 0.597. The maximum absolute atomic E-state index is 6.13. The van der Waals surface area contributed by atoms with Crippen LogP contribution in [0.15, 0.2) is 41.7 Å². The van der Waals surface area contributed by atoms with Gasteiger partial charge in [-0.25, -0.2) is 0 Å². The molecule has 0 saturated heterocycles. The van der Waals surface area contributed by atoms with Crippen LogP contribution in [0.3, 0.4) is 0 Å². The summed E-state index contributed by atoms with van der Waals surface area (Å²) in [5.41, 5.74) is 0.969. The van der Waals surface area contributed by atoms with E-state index in [0.717, 1.165) is 18.7 Å². The van der Waals surface area contributed by atoms with Crippen LogP contribution in [-0.2, 0) is 13.1 Å². The van der Waals surface area contributed by atoms with Gasteiger partial charge in [0.25, 0.3) is 0 Å². The van der Waals surface area contributed by atoms with Crippen LogP contribution in [0, 0.1) is 0 Å². The standard InChI is InChI=1S/C14H17Cl2N5/c1-17-14(18-6-8-21-7-2-5-20-21)19-10-11-3-4-12(15)9-13(11)16/h2-5,7,9H,6,8,10H2,1H3,(H2,17,18,19). The van der Waals surface area contributed by atoms with Crippen LogP contribution in [0.5, 0.6) is 0 Å². The predicted molar refractivity (Wildman–Crippen MR) is 86.9 cm³/mol. The summed E-state index contributed by atoms with van der Waals surface area (Å²) in [6.07, 6.45) is 3.68. The third-order valence-corrected chi connectivity index (χ3v) is 3.46. The fourth-order valence-electron chi connectivity index (χ4n) is 1.79. The molecule has 0 saturated carbocycles. The lowest BCUT2D eigenvalue weighted by Gasteiger charge is -2.12. The second-order valence-corrected chi connectivity index (χ2v) is 5.20. The van der Waals surface area contributed by atoms with Crippen molar-refractivity contribution in [2.45, 2.75) is 13.1 Å². The maximum atomic E-state index is 6.13. The molecule has 0 bridgehead atoms. The first kappa shape index (κ1) is 15.7. The van der Waals surface area contributed by atoms with Crippen LogP contribution in [0.25, 0.3) is 0 Å². The molecule has 1 aromatic heterocycles. The Hall–Kier alpha value is -1.72. The van der Waals surface area contributed by atoms with Crippen LogP contribution in [0.1, 0.15) is 5.56 Å². The Morgan fingerprint density at radius 3 is 2.86 bits per heavy atom. The predicted octanol–water partition coefficient (Wildman–Crippen LogP) is 2.56. The van der Waals surface area contributed by atoms with Crippen molar-refractivity contribution in [3.05, 3.63) is 52.3 Å². The molecule has 7 heteroatoms. The molecule has 1 heterocycles. The Labute approximate surface area is 134 Å². The third kappa shape index (κ3) is 4.95. The van der Waals surface area contributed by atoms with E-state index in [1.165, 1.54) is 0 Å². The van der Waals surface area contributed by atoms with E-state index in [2.05, 4.69) is 20.7 Å². The summed E-state index contributed by atoms with van der Waals surface area (Å²) in [5, 5.41) is 11.8. The van der Waals surface area contributed by atoms with E-state index < -0.39 is 0 Å². The van der Waals surface area contributed by atoms with E-state index in [4.69, 9.17) is 23.2 Å². The van der Waals surface area contributed by atoms with Crippen molar-refractivity contribution in [2.75, 3.05) is 13.6 Å². The number of hydrogen-bond acceptors (Lipinski definition) is 2. The molecular formula is C14H17Cl2N5. The first-order valence-corrected chi connectivity index (χ1v) is 7.30. The van der Waals surface area contributed by atoms with Gasteiger partial charge in [-0.15, -0.1) is 0 Å². The number of aromatic nitrogens is 2. The average molecular weight is 326 g/mol. The molecule has 0 unspecified atom stereocenters. The van der Waals surface area contributed by atoms with Gasteiger partial charge in [0.1, 0.15) is 0 Å². The summed E-state index contributed by atoms with van der Waals surface area (Å²) >= 11 is 12.0. The second-order valence-electron chi connectivity index (χ2n) is 4.36. The van der Waals surface area contributed by atoms with E-state index in [0.29, 0.717) is 22.5 Å². The van der Waals surface area contributed by atoms with Gasteiger partial charge < -0.3 is 10.6 Å². The minimum atomic E-state index is 0.581. The lowest BCUT2D eigenvalue weighted by Crippen LogP contribution is -2.38. The van der Waals surface area contributed by atoms with Gasteiger partial charge in [-0.05, 0) is 23.8 Å². The summed E-state index contributed by atoms with van der Waals surface area (Å²) in [6.45, 7) is 2.09. The van der Waals surface area contributed by atoms with E-state index in [9.17, 15) is 0 Å². The summed E-state index contributed by atoms with van der Waals surface area (Å²) in [4.78, 5) is 4.16. The highest BCUT2D eigenvalue weighted by molar-refractivity contribution is 6.35. The highest BCUT2D eigenvalue weighted by atomic mass is 35.5. The second kappa shape index (κ2) is 7.90. The Morgan fingerprint density at radius 1 is 1.33 bits per heavy atom. The van der Waals surface area contributed by atoms with Crippen molar-refractivity contribution >= 4 is 29.2 Å². The summed E-state index contributed by atoms with van der Waals surface area (Å²) in [7, 11) is 1.73. The number of rotatable bonds is 5. The summed E-state index contributed by atoms with van der Waals surface area (Å²) < 4.78 is 1.86. The third-order valence-electron chi connectivity index (χ3n) is 2.88. The Morgan fingerprint density at radius 2 is 2.19 bits per heavy atom. The minimum absolute atomic E-state index is 0.581. The molecule has 0 aliphatic carbocycles. The zero-order valence-corrected chi connectivity index (χ0v) is 13.2. The van der Waals surface area contributed by atoms with E-state index in [1.807, 2.05) is 29.1 Å². The molecule has 0 radical (unpaired) electrons. The van der Waals surface area contributed by atoms with Crippen LogP contribution in [-0.4, -0.2) is 29.3 Å². The smallest absolute Gasteiger partial charge is 0.191 e. The van der Waals surface area contributed by atoms with Gasteiger partial charge in [-0.3, -0.25) is 9.67 Å². The van der Waals surface area contributed by atoms with Gasteiger partial charge in [0, 0.05) is 42.6 Å². The monoisotopic (exact) mass is 325 g/mol. The van der Waals surface area contributed by atoms with Gasteiger partial charge >= 0.3 is 0 Å². The van der Waals surface area contributed by atoms with Gasteiger partial charge in [0.05, 0.1) is 6.54 Å². The van der Waals surface area contributed by atoms with Gasteiger partial charge in [-0.1, -0.05) is 29.3 Å². The van der Waals surface area contributed by atoms with Crippen LogP contribution >= 0.6 is 23.2 Å². The lowest BCUT2D eigenvalue weighted by atomic mass is 10.2. The van der Waals surface area contributed by atoms with E-state index in [-0.39, 0.29) is 0 Å². The quantitative estimate of drug-likeness (QED) is 0.656. The molecular weight excluding hydrogens is 309 g/mol. The van der Waals surface area contributed by atoms with Crippen molar-refractivity contribution in [1.82, 2.24) is 20.4 Å². The van der Waals surface area contributed by atoms with Crippen molar-refractivity contribution in [3.8, 4) is 0 Å². The number of hydrogen-bond donors (Lipinski definition) is 2. The molecule has 0 aliphatic heterocycles. The average Bonchev–Trinajstić information content (AvgIpc) is 2.97. The molecule has 0 spiro atoms. The number of aliphatic imine (C=N–C) groups is 1. The number of benzene rings is 1.